The molecule has 6 heteroatoms. The average Bonchev–Trinajstić information content (AvgIpc) is 2.62. The molecule has 0 aliphatic carbocycles. The van der Waals surface area contributed by atoms with Crippen LogP contribution < -0.4 is 20.7 Å². The molecule has 2 rings (SSSR count). The smallest absolute Gasteiger partial charge is 0.243 e. The Balaban J connectivity index is 1.82. The third-order valence-corrected chi connectivity index (χ3v) is 3.50. The van der Waals surface area contributed by atoms with Gasteiger partial charge in [-0.3, -0.25) is 9.59 Å². The van der Waals surface area contributed by atoms with E-state index in [1.807, 2.05) is 38.1 Å². The molecular formula is C19H23N3O3. The first kappa shape index (κ1) is 18.3. The number of carbonyl (C=O) groups excluding carboxylic acids is 2. The Morgan fingerprint density at radius 3 is 1.92 bits per heavy atom. The van der Waals surface area contributed by atoms with Gasteiger partial charge in [-0.2, -0.15) is 0 Å². The molecule has 2 amide bonds. The van der Waals surface area contributed by atoms with Crippen LogP contribution in [0.25, 0.3) is 0 Å². The van der Waals surface area contributed by atoms with Gasteiger partial charge in [-0.1, -0.05) is 13.8 Å². The van der Waals surface area contributed by atoms with Gasteiger partial charge in [0.15, 0.2) is 0 Å². The van der Waals surface area contributed by atoms with E-state index in [0.717, 1.165) is 11.4 Å². The van der Waals surface area contributed by atoms with Crippen molar-refractivity contribution in [3.63, 3.8) is 0 Å². The Labute approximate surface area is 147 Å². The normalized spacial score (nSPS) is 10.2. The van der Waals surface area contributed by atoms with Gasteiger partial charge >= 0.3 is 0 Å². The van der Waals surface area contributed by atoms with Crippen molar-refractivity contribution in [3.05, 3.63) is 48.5 Å². The molecule has 3 N–H and O–H groups in total. The number of carbonyl (C=O) groups is 2. The maximum absolute atomic E-state index is 12.0. The second kappa shape index (κ2) is 8.73. The van der Waals surface area contributed by atoms with Gasteiger partial charge in [0, 0.05) is 23.0 Å². The minimum atomic E-state index is -0.158. The molecule has 2 aromatic rings. The summed E-state index contributed by atoms with van der Waals surface area (Å²) in [5, 5.41) is 8.64. The Morgan fingerprint density at radius 1 is 0.880 bits per heavy atom. The number of methoxy groups -OCH3 is 1. The maximum Gasteiger partial charge on any atom is 0.243 e. The first-order valence-electron chi connectivity index (χ1n) is 8.06. The molecule has 0 aromatic heterocycles. The molecule has 0 saturated carbocycles. The first-order valence-corrected chi connectivity index (χ1v) is 8.06. The second-order valence-electron chi connectivity index (χ2n) is 5.85. The molecule has 0 heterocycles. The molecule has 0 radical (unpaired) electrons. The van der Waals surface area contributed by atoms with E-state index in [1.54, 1.807) is 31.4 Å². The van der Waals surface area contributed by atoms with Crippen molar-refractivity contribution < 1.29 is 14.3 Å². The topological polar surface area (TPSA) is 79.5 Å². The number of nitrogens with one attached hydrogen (secondary N) is 3. The number of rotatable bonds is 7. The van der Waals surface area contributed by atoms with Gasteiger partial charge in [0.1, 0.15) is 5.75 Å². The van der Waals surface area contributed by atoms with Crippen LogP contribution in [-0.4, -0.2) is 25.5 Å². The summed E-state index contributed by atoms with van der Waals surface area (Å²) in [6.45, 7) is 3.82. The highest BCUT2D eigenvalue weighted by Gasteiger charge is 2.07. The summed E-state index contributed by atoms with van der Waals surface area (Å²) in [5.41, 5.74) is 2.21. The van der Waals surface area contributed by atoms with E-state index < -0.39 is 0 Å². The lowest BCUT2D eigenvalue weighted by molar-refractivity contribution is -0.119. The quantitative estimate of drug-likeness (QED) is 0.722. The molecule has 2 aromatic carbocycles. The van der Waals surface area contributed by atoms with Gasteiger partial charge in [0.05, 0.1) is 13.7 Å². The van der Waals surface area contributed by atoms with Crippen LogP contribution in [0.15, 0.2) is 48.5 Å². The van der Waals surface area contributed by atoms with Crippen LogP contribution in [0.3, 0.4) is 0 Å². The fourth-order valence-corrected chi connectivity index (χ4v) is 2.02. The molecule has 132 valence electrons. The number of hydrogen-bond donors (Lipinski definition) is 3. The lowest BCUT2D eigenvalue weighted by atomic mass is 10.2. The third-order valence-electron chi connectivity index (χ3n) is 3.50. The number of amides is 2. The van der Waals surface area contributed by atoms with Crippen LogP contribution in [0.1, 0.15) is 13.8 Å². The Hall–Kier alpha value is -3.02. The van der Waals surface area contributed by atoms with Gasteiger partial charge in [-0.05, 0) is 48.5 Å². The molecule has 6 nitrogen and oxygen atoms in total. The number of anilines is 3. The minimum Gasteiger partial charge on any atom is -0.497 e. The first-order chi connectivity index (χ1) is 12.0. The largest absolute Gasteiger partial charge is 0.497 e. The van der Waals surface area contributed by atoms with Crippen LogP contribution in [0.5, 0.6) is 5.75 Å². The lowest BCUT2D eigenvalue weighted by Gasteiger charge is -2.10. The van der Waals surface area contributed by atoms with E-state index in [1.165, 1.54) is 0 Å². The maximum atomic E-state index is 12.0. The van der Waals surface area contributed by atoms with Gasteiger partial charge in [-0.25, -0.2) is 0 Å². The molecule has 0 saturated heterocycles. The van der Waals surface area contributed by atoms with Crippen molar-refractivity contribution in [1.29, 1.82) is 0 Å². The van der Waals surface area contributed by atoms with Gasteiger partial charge < -0.3 is 20.7 Å². The molecule has 0 bridgehead atoms. The van der Waals surface area contributed by atoms with Gasteiger partial charge in [-0.15, -0.1) is 0 Å². The molecule has 0 aliphatic heterocycles. The van der Waals surface area contributed by atoms with Crippen LogP contribution >= 0.6 is 0 Å². The summed E-state index contributed by atoms with van der Waals surface area (Å²) in [4.78, 5) is 23.6. The van der Waals surface area contributed by atoms with Crippen LogP contribution in [-0.2, 0) is 9.59 Å². The predicted octanol–water partition coefficient (Wildman–Crippen LogP) is 3.34. The lowest BCUT2D eigenvalue weighted by Crippen LogP contribution is -2.21. The van der Waals surface area contributed by atoms with Crippen LogP contribution in [0.4, 0.5) is 17.1 Å². The highest BCUT2D eigenvalue weighted by Crippen LogP contribution is 2.16. The average molecular weight is 341 g/mol. The SMILES string of the molecule is COc1ccc(NCC(=O)Nc2ccc(NC(=O)C(C)C)cc2)cc1. The Kier molecular flexibility index (Phi) is 6.39. The van der Waals surface area contributed by atoms with E-state index >= 15 is 0 Å². The molecule has 0 fully saturated rings. The van der Waals surface area contributed by atoms with Gasteiger partial charge in [0.25, 0.3) is 0 Å². The van der Waals surface area contributed by atoms with Crippen molar-refractivity contribution >= 4 is 28.9 Å². The molecule has 0 aliphatic rings. The molecule has 25 heavy (non-hydrogen) atoms. The van der Waals surface area contributed by atoms with E-state index in [4.69, 9.17) is 4.74 Å². The van der Waals surface area contributed by atoms with E-state index in [2.05, 4.69) is 16.0 Å². The number of ether oxygens (including phenoxy) is 1. The Bertz CT molecular complexity index is 710. The molecular weight excluding hydrogens is 318 g/mol. The van der Waals surface area contributed by atoms with Crippen LogP contribution in [0, 0.1) is 5.92 Å². The number of benzene rings is 2. The fourth-order valence-electron chi connectivity index (χ4n) is 2.02. The zero-order valence-corrected chi connectivity index (χ0v) is 14.6. The fraction of sp³-hybridized carbons (Fsp3) is 0.263. The summed E-state index contributed by atoms with van der Waals surface area (Å²) in [5.74, 6) is 0.485. The van der Waals surface area contributed by atoms with Crippen molar-refractivity contribution in [2.45, 2.75) is 13.8 Å². The van der Waals surface area contributed by atoms with Crippen molar-refractivity contribution in [1.82, 2.24) is 0 Å². The Morgan fingerprint density at radius 2 is 1.40 bits per heavy atom. The monoisotopic (exact) mass is 341 g/mol. The van der Waals surface area contributed by atoms with Crippen molar-refractivity contribution in [2.24, 2.45) is 5.92 Å². The summed E-state index contributed by atoms with van der Waals surface area (Å²) < 4.78 is 5.09. The predicted molar refractivity (Wildman–Crippen MR) is 100 cm³/mol. The summed E-state index contributed by atoms with van der Waals surface area (Å²) in [6, 6.07) is 14.4. The highest BCUT2D eigenvalue weighted by molar-refractivity contribution is 5.95. The van der Waals surface area contributed by atoms with Crippen LogP contribution in [0.2, 0.25) is 0 Å². The highest BCUT2D eigenvalue weighted by atomic mass is 16.5. The zero-order chi connectivity index (χ0) is 18.2. The zero-order valence-electron chi connectivity index (χ0n) is 14.6. The summed E-state index contributed by atoms with van der Waals surface area (Å²) in [7, 11) is 1.61. The number of hydrogen-bond acceptors (Lipinski definition) is 4. The van der Waals surface area contributed by atoms with E-state index in [9.17, 15) is 9.59 Å². The summed E-state index contributed by atoms with van der Waals surface area (Å²) >= 11 is 0. The molecule has 0 atom stereocenters. The standard InChI is InChI=1S/C19H23N3O3/c1-13(2)19(24)22-16-6-4-15(5-7-16)21-18(23)12-20-14-8-10-17(25-3)11-9-14/h4-11,13,20H,12H2,1-3H3,(H,21,23)(H,22,24). The molecule has 0 spiro atoms. The third kappa shape index (κ3) is 5.84. The molecule has 0 unspecified atom stereocenters. The van der Waals surface area contributed by atoms with Crippen molar-refractivity contribution in [2.75, 3.05) is 29.6 Å². The van der Waals surface area contributed by atoms with Crippen molar-refractivity contribution in [3.8, 4) is 5.75 Å². The summed E-state index contributed by atoms with van der Waals surface area (Å²) in [6.07, 6.45) is 0. The van der Waals surface area contributed by atoms with E-state index in [-0.39, 0.29) is 24.3 Å². The van der Waals surface area contributed by atoms with Gasteiger partial charge in [0.2, 0.25) is 11.8 Å². The second-order valence-corrected chi connectivity index (χ2v) is 5.85. The minimum absolute atomic E-state index is 0.0412. The van der Waals surface area contributed by atoms with E-state index in [0.29, 0.717) is 11.4 Å².